The number of rotatable bonds is 7. The summed E-state index contributed by atoms with van der Waals surface area (Å²) in [5, 5.41) is 3.69. The summed E-state index contributed by atoms with van der Waals surface area (Å²) in [4.78, 5) is 2.66. The Morgan fingerprint density at radius 2 is 2.00 bits per heavy atom. The van der Waals surface area contributed by atoms with E-state index in [1.165, 1.54) is 12.8 Å². The van der Waals surface area contributed by atoms with Gasteiger partial charge in [-0.15, -0.1) is 0 Å². The van der Waals surface area contributed by atoms with E-state index in [9.17, 15) is 0 Å². The minimum absolute atomic E-state index is 0.309. The predicted molar refractivity (Wildman–Crippen MR) is 81.3 cm³/mol. The Hall–Kier alpha value is -0.200. The molecule has 0 amide bonds. The molecule has 5 heteroatoms. The zero-order chi connectivity index (χ0) is 14.7. The summed E-state index contributed by atoms with van der Waals surface area (Å²) < 4.78 is 17.3. The van der Waals surface area contributed by atoms with Crippen LogP contribution in [0.25, 0.3) is 0 Å². The van der Waals surface area contributed by atoms with Crippen LogP contribution in [0, 0.1) is 0 Å². The number of ether oxygens (including phenoxy) is 3. The predicted octanol–water partition coefficient (Wildman–Crippen LogP) is 1.37. The number of hydrogen-bond donors (Lipinski definition) is 1. The molecule has 122 valence electrons. The molecule has 2 saturated carbocycles. The topological polar surface area (TPSA) is 43.0 Å². The molecule has 2 unspecified atom stereocenters. The van der Waals surface area contributed by atoms with E-state index in [0.29, 0.717) is 12.1 Å². The normalized spacial score (nSPS) is 32.1. The Kier molecular flexibility index (Phi) is 5.17. The largest absolute Gasteiger partial charge is 0.383 e. The fraction of sp³-hybridized carbons (Fsp3) is 1.00. The first-order valence-electron chi connectivity index (χ1n) is 8.54. The van der Waals surface area contributed by atoms with Gasteiger partial charge >= 0.3 is 0 Å². The quantitative estimate of drug-likeness (QED) is 0.769. The average molecular weight is 298 g/mol. The van der Waals surface area contributed by atoms with Crippen LogP contribution in [0.5, 0.6) is 0 Å². The van der Waals surface area contributed by atoms with Crippen molar-refractivity contribution in [1.29, 1.82) is 0 Å². The highest BCUT2D eigenvalue weighted by atomic mass is 16.7. The summed E-state index contributed by atoms with van der Waals surface area (Å²) in [6, 6.07) is 1.79. The van der Waals surface area contributed by atoms with Crippen LogP contribution < -0.4 is 5.32 Å². The second-order valence-electron chi connectivity index (χ2n) is 6.54. The molecule has 3 rings (SSSR count). The molecular formula is C16H30N2O3. The second-order valence-corrected chi connectivity index (χ2v) is 6.54. The van der Waals surface area contributed by atoms with Crippen molar-refractivity contribution >= 4 is 0 Å². The minimum atomic E-state index is -0.309. The monoisotopic (exact) mass is 298 g/mol. The van der Waals surface area contributed by atoms with Crippen molar-refractivity contribution in [3.05, 3.63) is 0 Å². The van der Waals surface area contributed by atoms with Crippen LogP contribution >= 0.6 is 0 Å². The Balaban J connectivity index is 1.71. The molecule has 21 heavy (non-hydrogen) atoms. The van der Waals surface area contributed by atoms with Crippen LogP contribution in [-0.2, 0) is 14.2 Å². The lowest BCUT2D eigenvalue weighted by molar-refractivity contribution is -0.194. The van der Waals surface area contributed by atoms with Gasteiger partial charge in [-0.2, -0.15) is 0 Å². The molecule has 1 heterocycles. The van der Waals surface area contributed by atoms with E-state index < -0.39 is 0 Å². The summed E-state index contributed by atoms with van der Waals surface area (Å²) in [5.74, 6) is -0.309. The van der Waals surface area contributed by atoms with Crippen molar-refractivity contribution in [2.75, 3.05) is 40.0 Å². The Bertz CT molecular complexity index is 329. The summed E-state index contributed by atoms with van der Waals surface area (Å²) in [6.45, 7) is 6.55. The highest BCUT2D eigenvalue weighted by Gasteiger charge is 2.48. The smallest absolute Gasteiger partial charge is 0.170 e. The lowest BCUT2D eigenvalue weighted by Gasteiger charge is -2.46. The van der Waals surface area contributed by atoms with Crippen molar-refractivity contribution in [3.63, 3.8) is 0 Å². The molecule has 0 radical (unpaired) electrons. The first-order valence-corrected chi connectivity index (χ1v) is 8.54. The van der Waals surface area contributed by atoms with E-state index in [1.807, 2.05) is 0 Å². The van der Waals surface area contributed by atoms with Gasteiger partial charge in [0.2, 0.25) is 0 Å². The summed E-state index contributed by atoms with van der Waals surface area (Å²) >= 11 is 0. The number of nitrogens with zero attached hydrogens (tertiary/aromatic N) is 1. The van der Waals surface area contributed by atoms with E-state index in [4.69, 9.17) is 14.2 Å². The molecule has 1 aliphatic heterocycles. The van der Waals surface area contributed by atoms with Crippen molar-refractivity contribution < 1.29 is 14.2 Å². The van der Waals surface area contributed by atoms with Gasteiger partial charge in [-0.3, -0.25) is 4.90 Å². The molecule has 0 bridgehead atoms. The number of hydrogen-bond acceptors (Lipinski definition) is 5. The molecule has 2 atom stereocenters. The van der Waals surface area contributed by atoms with Crippen molar-refractivity contribution in [1.82, 2.24) is 10.2 Å². The second kappa shape index (κ2) is 6.92. The average Bonchev–Trinajstić information content (AvgIpc) is 3.23. The van der Waals surface area contributed by atoms with Crippen molar-refractivity contribution in [3.8, 4) is 0 Å². The lowest BCUT2D eigenvalue weighted by atomic mass is 9.84. The molecule has 3 aliphatic rings. The summed E-state index contributed by atoms with van der Waals surface area (Å²) in [7, 11) is 1.79. The van der Waals surface area contributed by atoms with E-state index in [0.717, 1.165) is 58.2 Å². The first-order chi connectivity index (χ1) is 10.3. The third-order valence-corrected chi connectivity index (χ3v) is 5.10. The summed E-state index contributed by atoms with van der Waals surface area (Å²) in [5.41, 5.74) is 0. The van der Waals surface area contributed by atoms with Gasteiger partial charge in [-0.25, -0.2) is 0 Å². The fourth-order valence-electron chi connectivity index (χ4n) is 3.96. The van der Waals surface area contributed by atoms with Gasteiger partial charge in [0.25, 0.3) is 0 Å². The van der Waals surface area contributed by atoms with Crippen LogP contribution in [0.3, 0.4) is 0 Å². The van der Waals surface area contributed by atoms with Gasteiger partial charge in [0.05, 0.1) is 19.8 Å². The number of methoxy groups -OCH3 is 1. The molecule has 2 aliphatic carbocycles. The zero-order valence-electron chi connectivity index (χ0n) is 13.5. The maximum Gasteiger partial charge on any atom is 0.170 e. The molecule has 5 nitrogen and oxygen atoms in total. The molecule has 1 N–H and O–H groups in total. The van der Waals surface area contributed by atoms with E-state index in [2.05, 4.69) is 17.1 Å². The highest BCUT2D eigenvalue weighted by molar-refractivity contribution is 5.00. The van der Waals surface area contributed by atoms with Gasteiger partial charge in [0, 0.05) is 44.6 Å². The van der Waals surface area contributed by atoms with Gasteiger partial charge in [-0.05, 0) is 25.8 Å². The molecule has 0 aromatic heterocycles. The van der Waals surface area contributed by atoms with E-state index >= 15 is 0 Å². The third kappa shape index (κ3) is 3.59. The molecule has 0 aromatic rings. The Labute approximate surface area is 128 Å². The Morgan fingerprint density at radius 3 is 2.62 bits per heavy atom. The van der Waals surface area contributed by atoms with Crippen LogP contribution in [0.15, 0.2) is 0 Å². The van der Waals surface area contributed by atoms with Crippen molar-refractivity contribution in [2.45, 2.75) is 62.9 Å². The molecule has 0 aromatic carbocycles. The molecular weight excluding hydrogens is 268 g/mol. The van der Waals surface area contributed by atoms with Crippen LogP contribution in [0.4, 0.5) is 0 Å². The minimum Gasteiger partial charge on any atom is -0.383 e. The fourth-order valence-corrected chi connectivity index (χ4v) is 3.96. The van der Waals surface area contributed by atoms with Crippen molar-refractivity contribution in [2.24, 2.45) is 0 Å². The van der Waals surface area contributed by atoms with E-state index in [-0.39, 0.29) is 5.79 Å². The van der Waals surface area contributed by atoms with Gasteiger partial charge < -0.3 is 19.5 Å². The lowest BCUT2D eigenvalue weighted by Crippen LogP contribution is -2.58. The standard InChI is InChI=1S/C16H30N2O3/c1-3-17-14-6-7-16(20-10-11-21-16)12-15(14)18(8-9-19-2)13-4-5-13/h13-15,17H,3-12H2,1-2H3. The summed E-state index contributed by atoms with van der Waals surface area (Å²) in [6.07, 6.45) is 5.80. The van der Waals surface area contributed by atoms with Gasteiger partial charge in [-0.1, -0.05) is 6.92 Å². The molecule has 3 fully saturated rings. The van der Waals surface area contributed by atoms with Gasteiger partial charge in [0.15, 0.2) is 5.79 Å². The van der Waals surface area contributed by atoms with Gasteiger partial charge in [0.1, 0.15) is 0 Å². The maximum atomic E-state index is 5.98. The van der Waals surface area contributed by atoms with Crippen LogP contribution in [0.1, 0.15) is 39.0 Å². The van der Waals surface area contributed by atoms with Crippen LogP contribution in [-0.4, -0.2) is 68.8 Å². The Morgan fingerprint density at radius 1 is 1.24 bits per heavy atom. The first kappa shape index (κ1) is 15.7. The molecule has 1 spiro atoms. The number of likely N-dealkylation sites (N-methyl/N-ethyl adjacent to an activating group) is 1. The highest BCUT2D eigenvalue weighted by Crippen LogP contribution is 2.40. The third-order valence-electron chi connectivity index (χ3n) is 5.10. The maximum absolute atomic E-state index is 5.98. The molecule has 1 saturated heterocycles. The SMILES string of the molecule is CCNC1CCC2(CC1N(CCOC)C1CC1)OCCO2. The zero-order valence-corrected chi connectivity index (χ0v) is 13.5. The van der Waals surface area contributed by atoms with E-state index in [1.54, 1.807) is 7.11 Å². The van der Waals surface area contributed by atoms with Crippen LogP contribution in [0.2, 0.25) is 0 Å². The number of nitrogens with one attached hydrogen (secondary N) is 1.